The van der Waals surface area contributed by atoms with E-state index in [4.69, 9.17) is 4.74 Å². The summed E-state index contributed by atoms with van der Waals surface area (Å²) < 4.78 is 49.3. The summed E-state index contributed by atoms with van der Waals surface area (Å²) in [6.07, 6.45) is -0.269. The molecule has 0 aliphatic carbocycles. The second-order valence-electron chi connectivity index (χ2n) is 6.43. The highest BCUT2D eigenvalue weighted by atomic mass is 19.4. The Morgan fingerprint density at radius 2 is 1.78 bits per heavy atom. The third kappa shape index (κ3) is 4.61. The largest absolute Gasteiger partial charge is 0.573 e. The van der Waals surface area contributed by atoms with Gasteiger partial charge in [-0.15, -0.1) is 13.2 Å². The van der Waals surface area contributed by atoms with Gasteiger partial charge in [0.2, 0.25) is 11.3 Å². The molecule has 0 saturated carbocycles. The summed E-state index contributed by atoms with van der Waals surface area (Å²) in [6.45, 7) is 2.28. The Morgan fingerprint density at radius 3 is 2.50 bits per heavy atom. The van der Waals surface area contributed by atoms with Crippen molar-refractivity contribution in [2.75, 3.05) is 6.61 Å². The Bertz CT molecular complexity index is 1280. The predicted octanol–water partition coefficient (Wildman–Crippen LogP) is 3.78. The van der Waals surface area contributed by atoms with E-state index in [9.17, 15) is 18.0 Å². The second kappa shape index (κ2) is 8.53. The molecule has 1 aromatic carbocycles. The normalized spacial score (nSPS) is 11.4. The van der Waals surface area contributed by atoms with Crippen LogP contribution in [-0.2, 0) is 0 Å². The molecule has 0 fully saturated rings. The zero-order valence-corrected chi connectivity index (χ0v) is 16.7. The first kappa shape index (κ1) is 21.1. The summed E-state index contributed by atoms with van der Waals surface area (Å²) in [5.41, 5.74) is 1.24. The zero-order valence-electron chi connectivity index (χ0n) is 16.7. The molecule has 0 aliphatic rings. The maximum atomic E-state index is 12.6. The van der Waals surface area contributed by atoms with E-state index >= 15 is 0 Å². The van der Waals surface area contributed by atoms with E-state index in [1.54, 1.807) is 24.4 Å². The molecule has 0 unspecified atom stereocenters. The van der Waals surface area contributed by atoms with Gasteiger partial charge in [0.15, 0.2) is 5.69 Å². The zero-order chi connectivity index (χ0) is 22.7. The van der Waals surface area contributed by atoms with Gasteiger partial charge in [-0.25, -0.2) is 14.3 Å². The first-order chi connectivity index (χ1) is 15.3. The molecule has 0 bridgehead atoms. The molecule has 0 spiro atoms. The third-order valence-corrected chi connectivity index (χ3v) is 4.28. The van der Waals surface area contributed by atoms with Crippen molar-refractivity contribution in [1.29, 1.82) is 0 Å². The summed E-state index contributed by atoms with van der Waals surface area (Å²) >= 11 is 0. The number of aromatic nitrogens is 5. The number of nitrogens with zero attached hydrogens (tertiary/aromatic N) is 5. The molecule has 0 radical (unpaired) electrons. The molecule has 0 saturated heterocycles. The predicted molar refractivity (Wildman–Crippen MR) is 108 cm³/mol. The molecule has 3 heterocycles. The van der Waals surface area contributed by atoms with Crippen LogP contribution in [0.5, 0.6) is 11.6 Å². The second-order valence-corrected chi connectivity index (χ2v) is 6.43. The molecular formula is C21H16F3N5O3. The molecule has 0 amide bonds. The van der Waals surface area contributed by atoms with E-state index in [1.165, 1.54) is 52.1 Å². The lowest BCUT2D eigenvalue weighted by Gasteiger charge is -2.12. The molecule has 3 aromatic heterocycles. The van der Waals surface area contributed by atoms with Gasteiger partial charge in [0.25, 0.3) is 0 Å². The van der Waals surface area contributed by atoms with Gasteiger partial charge < -0.3 is 9.47 Å². The van der Waals surface area contributed by atoms with Crippen LogP contribution in [0.2, 0.25) is 0 Å². The number of hydrogen-bond donors (Lipinski definition) is 0. The Labute approximate surface area is 179 Å². The molecule has 4 aromatic rings. The van der Waals surface area contributed by atoms with Crippen LogP contribution in [-0.4, -0.2) is 37.5 Å². The van der Waals surface area contributed by atoms with E-state index in [0.717, 1.165) is 0 Å². The number of pyridine rings is 1. The Kier molecular flexibility index (Phi) is 5.63. The average molecular weight is 443 g/mol. The SMILES string of the molecule is CCOc1cc(-n2nccc2-c2nn(-c3ccc(OC(F)(F)F)cc3)ccc2=O)ccn1. The number of benzene rings is 1. The van der Waals surface area contributed by atoms with Crippen LogP contribution in [0.25, 0.3) is 22.8 Å². The van der Waals surface area contributed by atoms with Crippen molar-refractivity contribution in [3.8, 4) is 34.4 Å². The van der Waals surface area contributed by atoms with Gasteiger partial charge in [0.1, 0.15) is 5.75 Å². The summed E-state index contributed by atoms with van der Waals surface area (Å²) in [6, 6.07) is 11.5. The van der Waals surface area contributed by atoms with Crippen LogP contribution in [0.4, 0.5) is 13.2 Å². The Hall–Kier alpha value is -4.15. The number of ether oxygens (including phenoxy) is 2. The fraction of sp³-hybridized carbons (Fsp3) is 0.143. The average Bonchev–Trinajstić information content (AvgIpc) is 3.24. The maximum Gasteiger partial charge on any atom is 0.573 e. The molecule has 11 heteroatoms. The van der Waals surface area contributed by atoms with E-state index in [2.05, 4.69) is 19.9 Å². The third-order valence-electron chi connectivity index (χ3n) is 4.28. The molecule has 164 valence electrons. The van der Waals surface area contributed by atoms with Gasteiger partial charge >= 0.3 is 6.36 Å². The molecule has 8 nitrogen and oxygen atoms in total. The summed E-state index contributed by atoms with van der Waals surface area (Å²) in [5.74, 6) is 0.0504. The minimum Gasteiger partial charge on any atom is -0.478 e. The van der Waals surface area contributed by atoms with Crippen LogP contribution in [0.1, 0.15) is 6.92 Å². The van der Waals surface area contributed by atoms with Gasteiger partial charge in [-0.2, -0.15) is 10.2 Å². The van der Waals surface area contributed by atoms with Crippen molar-refractivity contribution >= 4 is 0 Å². The number of halogens is 3. The minimum absolute atomic E-state index is 0.107. The van der Waals surface area contributed by atoms with Crippen LogP contribution in [0.3, 0.4) is 0 Å². The molecule has 0 atom stereocenters. The Balaban J connectivity index is 1.70. The van der Waals surface area contributed by atoms with Gasteiger partial charge in [-0.1, -0.05) is 0 Å². The summed E-state index contributed by atoms with van der Waals surface area (Å²) in [4.78, 5) is 16.7. The van der Waals surface area contributed by atoms with Gasteiger partial charge in [-0.05, 0) is 43.3 Å². The first-order valence-corrected chi connectivity index (χ1v) is 9.44. The smallest absolute Gasteiger partial charge is 0.478 e. The van der Waals surface area contributed by atoms with Crippen LogP contribution in [0.15, 0.2) is 71.9 Å². The van der Waals surface area contributed by atoms with Crippen molar-refractivity contribution in [3.05, 3.63) is 77.3 Å². The van der Waals surface area contributed by atoms with E-state index < -0.39 is 6.36 Å². The summed E-state index contributed by atoms with van der Waals surface area (Å²) in [5, 5.41) is 8.64. The van der Waals surface area contributed by atoms with Crippen molar-refractivity contribution < 1.29 is 22.6 Å². The fourth-order valence-electron chi connectivity index (χ4n) is 2.98. The quantitative estimate of drug-likeness (QED) is 0.451. The number of alkyl halides is 3. The van der Waals surface area contributed by atoms with Crippen LogP contribution in [0, 0.1) is 0 Å². The van der Waals surface area contributed by atoms with Crippen molar-refractivity contribution in [2.24, 2.45) is 0 Å². The molecule has 0 aliphatic heterocycles. The molecule has 0 N–H and O–H groups in total. The molecular weight excluding hydrogens is 427 g/mol. The number of rotatable bonds is 6. The van der Waals surface area contributed by atoms with Crippen LogP contribution >= 0.6 is 0 Å². The van der Waals surface area contributed by atoms with Crippen molar-refractivity contribution in [2.45, 2.75) is 13.3 Å². The topological polar surface area (TPSA) is 84.1 Å². The van der Waals surface area contributed by atoms with E-state index in [0.29, 0.717) is 29.6 Å². The number of hydrogen-bond acceptors (Lipinski definition) is 6. The fourth-order valence-corrected chi connectivity index (χ4v) is 2.98. The van der Waals surface area contributed by atoms with Crippen molar-refractivity contribution in [1.82, 2.24) is 24.5 Å². The van der Waals surface area contributed by atoms with Gasteiger partial charge in [0.05, 0.1) is 29.9 Å². The van der Waals surface area contributed by atoms with Gasteiger partial charge in [0, 0.05) is 24.5 Å². The first-order valence-electron chi connectivity index (χ1n) is 9.44. The molecule has 4 rings (SSSR count). The highest BCUT2D eigenvalue weighted by Crippen LogP contribution is 2.24. The monoisotopic (exact) mass is 443 g/mol. The van der Waals surface area contributed by atoms with Crippen LogP contribution < -0.4 is 14.9 Å². The lowest BCUT2D eigenvalue weighted by atomic mass is 10.2. The van der Waals surface area contributed by atoms with Gasteiger partial charge in [-0.3, -0.25) is 4.79 Å². The maximum absolute atomic E-state index is 12.6. The lowest BCUT2D eigenvalue weighted by Crippen LogP contribution is -2.17. The summed E-state index contributed by atoms with van der Waals surface area (Å²) in [7, 11) is 0. The molecule has 32 heavy (non-hydrogen) atoms. The van der Waals surface area contributed by atoms with E-state index in [-0.39, 0.29) is 16.9 Å². The standard InChI is InChI=1S/C21H16F3N5O3/c1-2-31-19-13-15(7-10-25-19)29-17(8-11-26-29)20-18(30)9-12-28(27-20)14-3-5-16(6-4-14)32-21(22,23)24/h3-13H,2H2,1H3. The Morgan fingerprint density at radius 1 is 1.00 bits per heavy atom. The highest BCUT2D eigenvalue weighted by molar-refractivity contribution is 5.57. The lowest BCUT2D eigenvalue weighted by molar-refractivity contribution is -0.274. The highest BCUT2D eigenvalue weighted by Gasteiger charge is 2.31. The van der Waals surface area contributed by atoms with E-state index in [1.807, 2.05) is 6.92 Å². The minimum atomic E-state index is -4.78. The van der Waals surface area contributed by atoms with Crippen molar-refractivity contribution in [3.63, 3.8) is 0 Å².